The summed E-state index contributed by atoms with van der Waals surface area (Å²) in [5.74, 6) is 0.338. The quantitative estimate of drug-likeness (QED) is 0.463. The molecule has 3 nitrogen and oxygen atoms in total. The zero-order chi connectivity index (χ0) is 17.7. The highest BCUT2D eigenvalue weighted by atomic mass is 16.5. The first-order chi connectivity index (χ1) is 11.4. The van der Waals surface area contributed by atoms with Gasteiger partial charge in [0.05, 0.1) is 7.11 Å². The number of hydrogen-bond acceptors (Lipinski definition) is 3. The SMILES string of the molecule is COc1ccccc1/C=C(\C#N)C(=O)c1ccc(C(C)(C)C)cc1. The van der Waals surface area contributed by atoms with E-state index in [1.54, 1.807) is 31.4 Å². The number of Topliss-reactive ketones (excluding diaryl/α,β-unsaturated/α-hetero) is 1. The fourth-order valence-electron chi connectivity index (χ4n) is 2.37. The molecule has 0 aliphatic carbocycles. The molecule has 2 aromatic carbocycles. The Bertz CT molecular complexity index is 803. The molecule has 0 aromatic heterocycles. The van der Waals surface area contributed by atoms with Gasteiger partial charge in [0.2, 0.25) is 5.78 Å². The predicted octanol–water partition coefficient (Wildman–Crippen LogP) is 4.78. The van der Waals surface area contributed by atoms with E-state index in [4.69, 9.17) is 4.74 Å². The monoisotopic (exact) mass is 319 g/mol. The van der Waals surface area contributed by atoms with E-state index in [1.807, 2.05) is 36.4 Å². The molecule has 0 aliphatic heterocycles. The van der Waals surface area contributed by atoms with Crippen LogP contribution in [0.5, 0.6) is 5.75 Å². The summed E-state index contributed by atoms with van der Waals surface area (Å²) in [7, 11) is 1.56. The van der Waals surface area contributed by atoms with E-state index in [0.717, 1.165) is 5.56 Å². The molecule has 0 atom stereocenters. The minimum Gasteiger partial charge on any atom is -0.496 e. The maximum absolute atomic E-state index is 12.6. The van der Waals surface area contributed by atoms with Gasteiger partial charge in [0, 0.05) is 11.1 Å². The summed E-state index contributed by atoms with van der Waals surface area (Å²) in [6.45, 7) is 6.35. The van der Waals surface area contributed by atoms with Crippen LogP contribution in [0.25, 0.3) is 6.08 Å². The van der Waals surface area contributed by atoms with E-state index in [0.29, 0.717) is 16.9 Å². The lowest BCUT2D eigenvalue weighted by Crippen LogP contribution is -2.11. The van der Waals surface area contributed by atoms with Crippen LogP contribution in [0.2, 0.25) is 0 Å². The van der Waals surface area contributed by atoms with E-state index in [2.05, 4.69) is 20.8 Å². The van der Waals surface area contributed by atoms with Crippen molar-refractivity contribution in [2.75, 3.05) is 7.11 Å². The van der Waals surface area contributed by atoms with Crippen LogP contribution in [-0.4, -0.2) is 12.9 Å². The van der Waals surface area contributed by atoms with Crippen LogP contribution in [0.15, 0.2) is 54.1 Å². The van der Waals surface area contributed by atoms with Crippen LogP contribution in [-0.2, 0) is 5.41 Å². The summed E-state index contributed by atoms with van der Waals surface area (Å²) in [5, 5.41) is 9.39. The smallest absolute Gasteiger partial charge is 0.203 e. The Labute approximate surface area is 143 Å². The number of carbonyl (C=O) groups excluding carboxylic acids is 1. The van der Waals surface area contributed by atoms with Gasteiger partial charge in [-0.1, -0.05) is 63.2 Å². The third-order valence-corrected chi connectivity index (χ3v) is 3.82. The fraction of sp³-hybridized carbons (Fsp3) is 0.238. The molecule has 0 spiro atoms. The number of nitrogens with zero attached hydrogens (tertiary/aromatic N) is 1. The summed E-state index contributed by atoms with van der Waals surface area (Å²) < 4.78 is 5.26. The second-order valence-electron chi connectivity index (χ2n) is 6.57. The van der Waals surface area contributed by atoms with Gasteiger partial charge in [-0.25, -0.2) is 0 Å². The van der Waals surface area contributed by atoms with E-state index >= 15 is 0 Å². The van der Waals surface area contributed by atoms with Crippen molar-refractivity contribution in [2.45, 2.75) is 26.2 Å². The number of nitriles is 1. The van der Waals surface area contributed by atoms with Gasteiger partial charge in [0.25, 0.3) is 0 Å². The summed E-state index contributed by atoms with van der Waals surface area (Å²) in [6.07, 6.45) is 1.57. The van der Waals surface area contributed by atoms with Crippen molar-refractivity contribution < 1.29 is 9.53 Å². The molecule has 0 unspecified atom stereocenters. The maximum atomic E-state index is 12.6. The van der Waals surface area contributed by atoms with Gasteiger partial charge in [-0.3, -0.25) is 4.79 Å². The Hall–Kier alpha value is -2.86. The first kappa shape index (κ1) is 17.5. The molecule has 122 valence electrons. The minimum atomic E-state index is -0.288. The number of allylic oxidation sites excluding steroid dienone is 1. The first-order valence-electron chi connectivity index (χ1n) is 7.77. The third kappa shape index (κ3) is 3.91. The number of methoxy groups -OCH3 is 1. The van der Waals surface area contributed by atoms with Gasteiger partial charge in [-0.05, 0) is 23.1 Å². The molecule has 0 fully saturated rings. The average molecular weight is 319 g/mol. The van der Waals surface area contributed by atoms with Crippen LogP contribution in [0.4, 0.5) is 0 Å². The van der Waals surface area contributed by atoms with Crippen molar-refractivity contribution in [3.63, 3.8) is 0 Å². The molecule has 24 heavy (non-hydrogen) atoms. The van der Waals surface area contributed by atoms with Crippen molar-refractivity contribution in [1.29, 1.82) is 5.26 Å². The molecule has 0 N–H and O–H groups in total. The topological polar surface area (TPSA) is 50.1 Å². The summed E-state index contributed by atoms with van der Waals surface area (Å²) >= 11 is 0. The van der Waals surface area contributed by atoms with Crippen LogP contribution < -0.4 is 4.74 Å². The standard InChI is InChI=1S/C21H21NO2/c1-21(2,3)18-11-9-15(10-12-18)20(23)17(14-22)13-16-7-5-6-8-19(16)24-4/h5-13H,1-4H3/b17-13+. The number of carbonyl (C=O) groups is 1. The van der Waals surface area contributed by atoms with Crippen LogP contribution >= 0.6 is 0 Å². The zero-order valence-electron chi connectivity index (χ0n) is 14.5. The molecule has 2 aromatic rings. The second kappa shape index (κ2) is 7.14. The average Bonchev–Trinajstić information content (AvgIpc) is 2.58. The molecule has 0 radical (unpaired) electrons. The number of para-hydroxylation sites is 1. The summed E-state index contributed by atoms with van der Waals surface area (Å²) in [4.78, 5) is 12.6. The Balaban J connectivity index is 2.36. The van der Waals surface area contributed by atoms with E-state index in [1.165, 1.54) is 0 Å². The first-order valence-corrected chi connectivity index (χ1v) is 7.77. The van der Waals surface area contributed by atoms with Crippen molar-refractivity contribution in [3.8, 4) is 11.8 Å². The zero-order valence-corrected chi connectivity index (χ0v) is 14.5. The van der Waals surface area contributed by atoms with Crippen molar-refractivity contribution in [3.05, 3.63) is 70.8 Å². The molecule has 0 aliphatic rings. The number of rotatable bonds is 4. The van der Waals surface area contributed by atoms with Crippen LogP contribution in [0, 0.1) is 11.3 Å². The number of ketones is 1. The van der Waals surface area contributed by atoms with Crippen LogP contribution in [0.3, 0.4) is 0 Å². The molecule has 3 heteroatoms. The Kier molecular flexibility index (Phi) is 5.21. The number of hydrogen-bond donors (Lipinski definition) is 0. The van der Waals surface area contributed by atoms with E-state index in [-0.39, 0.29) is 16.8 Å². The molecule has 0 saturated heterocycles. The normalized spacial score (nSPS) is 11.7. The summed E-state index contributed by atoms with van der Waals surface area (Å²) in [5.41, 5.74) is 2.46. The molecule has 0 amide bonds. The number of ether oxygens (including phenoxy) is 1. The molecule has 2 rings (SSSR count). The minimum absolute atomic E-state index is 0.0207. The Morgan fingerprint density at radius 2 is 1.71 bits per heavy atom. The van der Waals surface area contributed by atoms with Gasteiger partial charge in [0.15, 0.2) is 0 Å². The second-order valence-corrected chi connectivity index (χ2v) is 6.57. The lowest BCUT2D eigenvalue weighted by Gasteiger charge is -2.18. The number of benzene rings is 2. The van der Waals surface area contributed by atoms with Gasteiger partial charge in [0.1, 0.15) is 17.4 Å². The van der Waals surface area contributed by atoms with Gasteiger partial charge >= 0.3 is 0 Å². The van der Waals surface area contributed by atoms with E-state index < -0.39 is 0 Å². The lowest BCUT2D eigenvalue weighted by molar-refractivity contribution is 0.104. The van der Waals surface area contributed by atoms with Crippen molar-refractivity contribution in [2.24, 2.45) is 0 Å². The fourth-order valence-corrected chi connectivity index (χ4v) is 2.37. The molecule has 0 saturated carbocycles. The van der Waals surface area contributed by atoms with Crippen molar-refractivity contribution >= 4 is 11.9 Å². The third-order valence-electron chi connectivity index (χ3n) is 3.82. The van der Waals surface area contributed by atoms with Crippen molar-refractivity contribution in [1.82, 2.24) is 0 Å². The largest absolute Gasteiger partial charge is 0.496 e. The molecular weight excluding hydrogens is 298 g/mol. The molecule has 0 bridgehead atoms. The molecule has 0 heterocycles. The summed E-state index contributed by atoms with van der Waals surface area (Å²) in [6, 6.07) is 16.7. The van der Waals surface area contributed by atoms with E-state index in [9.17, 15) is 10.1 Å². The molecular formula is C21H21NO2. The highest BCUT2D eigenvalue weighted by Gasteiger charge is 2.16. The Morgan fingerprint density at radius 3 is 2.25 bits per heavy atom. The highest BCUT2D eigenvalue weighted by molar-refractivity contribution is 6.14. The highest BCUT2D eigenvalue weighted by Crippen LogP contribution is 2.24. The maximum Gasteiger partial charge on any atom is 0.203 e. The lowest BCUT2D eigenvalue weighted by atomic mass is 9.86. The van der Waals surface area contributed by atoms with Crippen LogP contribution in [0.1, 0.15) is 42.3 Å². The van der Waals surface area contributed by atoms with Gasteiger partial charge in [-0.15, -0.1) is 0 Å². The Morgan fingerprint density at radius 1 is 1.08 bits per heavy atom. The predicted molar refractivity (Wildman–Crippen MR) is 96.1 cm³/mol. The van der Waals surface area contributed by atoms with Gasteiger partial charge < -0.3 is 4.74 Å². The van der Waals surface area contributed by atoms with Gasteiger partial charge in [-0.2, -0.15) is 5.26 Å².